The largest absolute Gasteiger partial charge is 0.497 e. The zero-order chi connectivity index (χ0) is 21.3. The molecule has 0 radical (unpaired) electrons. The van der Waals surface area contributed by atoms with Crippen molar-refractivity contribution in [2.45, 2.75) is 32.4 Å². The number of carbonyl (C=O) groups is 3. The molecule has 2 aliphatic rings. The monoisotopic (exact) mass is 410 g/mol. The molecular formula is C22H22N2O6. The summed E-state index contributed by atoms with van der Waals surface area (Å²) in [6.07, 6.45) is 0.173. The maximum atomic E-state index is 13.1. The normalized spacial score (nSPS) is 17.4. The Morgan fingerprint density at radius 3 is 2.57 bits per heavy atom. The van der Waals surface area contributed by atoms with Gasteiger partial charge in [-0.2, -0.15) is 0 Å². The van der Waals surface area contributed by atoms with E-state index in [0.29, 0.717) is 22.9 Å². The summed E-state index contributed by atoms with van der Waals surface area (Å²) in [6, 6.07) is 11.2. The van der Waals surface area contributed by atoms with Crippen molar-refractivity contribution in [1.82, 2.24) is 4.90 Å². The van der Waals surface area contributed by atoms with Crippen LogP contribution in [0.1, 0.15) is 25.3 Å². The van der Waals surface area contributed by atoms with Crippen LogP contribution in [0.3, 0.4) is 0 Å². The fourth-order valence-corrected chi connectivity index (χ4v) is 3.67. The number of amides is 3. The Bertz CT molecular complexity index is 988. The van der Waals surface area contributed by atoms with Crippen LogP contribution in [0.25, 0.3) is 0 Å². The van der Waals surface area contributed by atoms with E-state index in [1.165, 1.54) is 4.90 Å². The second-order valence-corrected chi connectivity index (χ2v) is 7.05. The first-order valence-electron chi connectivity index (χ1n) is 9.70. The number of imide groups is 1. The molecule has 4 rings (SSSR count). The van der Waals surface area contributed by atoms with Crippen LogP contribution in [0, 0.1) is 0 Å². The summed E-state index contributed by atoms with van der Waals surface area (Å²) < 4.78 is 15.8. The number of ether oxygens (including phenoxy) is 3. The molecular weight excluding hydrogens is 388 g/mol. The van der Waals surface area contributed by atoms with E-state index >= 15 is 0 Å². The lowest BCUT2D eigenvalue weighted by molar-refractivity contribution is -0.138. The maximum Gasteiger partial charge on any atom is 0.257 e. The van der Waals surface area contributed by atoms with Gasteiger partial charge in [-0.05, 0) is 42.0 Å². The molecule has 1 atom stereocenters. The van der Waals surface area contributed by atoms with Crippen LogP contribution in [-0.4, -0.2) is 42.6 Å². The molecule has 0 saturated carbocycles. The molecule has 156 valence electrons. The Balaban J connectivity index is 1.59. The number of methoxy groups -OCH3 is 1. The average molecular weight is 410 g/mol. The third-order valence-corrected chi connectivity index (χ3v) is 5.24. The first kappa shape index (κ1) is 19.8. The summed E-state index contributed by atoms with van der Waals surface area (Å²) in [5.74, 6) is 0.924. The highest BCUT2D eigenvalue weighted by Gasteiger charge is 2.44. The summed E-state index contributed by atoms with van der Waals surface area (Å²) in [5.41, 5.74) is 1.25. The lowest BCUT2D eigenvalue weighted by Gasteiger charge is -2.27. The molecule has 2 aromatic rings. The maximum absolute atomic E-state index is 13.1. The fourth-order valence-electron chi connectivity index (χ4n) is 3.67. The summed E-state index contributed by atoms with van der Waals surface area (Å²) in [7, 11) is 1.54. The van der Waals surface area contributed by atoms with E-state index < -0.39 is 11.9 Å². The van der Waals surface area contributed by atoms with Gasteiger partial charge in [0.1, 0.15) is 11.8 Å². The standard InChI is InChI=1S/C22H22N2O6/c1-3-20(25)23(12-14-4-9-18-19(10-14)30-13-29-18)17-11-21(26)24(22(17)27)15-5-7-16(28-2)8-6-15/h4-10,17H,3,11-13H2,1-2H3/t17-/m0/s1. The Labute approximate surface area is 173 Å². The van der Waals surface area contributed by atoms with E-state index in [4.69, 9.17) is 14.2 Å². The molecule has 2 heterocycles. The molecule has 30 heavy (non-hydrogen) atoms. The number of anilines is 1. The lowest BCUT2D eigenvalue weighted by atomic mass is 10.1. The minimum absolute atomic E-state index is 0.0544. The van der Waals surface area contributed by atoms with Gasteiger partial charge in [-0.1, -0.05) is 13.0 Å². The molecule has 1 saturated heterocycles. The number of benzene rings is 2. The van der Waals surface area contributed by atoms with Gasteiger partial charge in [0.05, 0.1) is 19.2 Å². The highest BCUT2D eigenvalue weighted by Crippen LogP contribution is 2.34. The number of hydrogen-bond acceptors (Lipinski definition) is 6. The second-order valence-electron chi connectivity index (χ2n) is 7.05. The van der Waals surface area contributed by atoms with Crippen molar-refractivity contribution in [2.75, 3.05) is 18.8 Å². The number of rotatable bonds is 6. The lowest BCUT2D eigenvalue weighted by Crippen LogP contribution is -2.44. The highest BCUT2D eigenvalue weighted by molar-refractivity contribution is 6.23. The quantitative estimate of drug-likeness (QED) is 0.681. The van der Waals surface area contributed by atoms with Gasteiger partial charge < -0.3 is 19.1 Å². The molecule has 2 aliphatic heterocycles. The zero-order valence-electron chi connectivity index (χ0n) is 16.8. The molecule has 0 aromatic heterocycles. The SMILES string of the molecule is CCC(=O)N(Cc1ccc2c(c1)OCO2)[C@H]1CC(=O)N(c2ccc(OC)cc2)C1=O. The minimum Gasteiger partial charge on any atom is -0.497 e. The third-order valence-electron chi connectivity index (χ3n) is 5.24. The smallest absolute Gasteiger partial charge is 0.257 e. The van der Waals surface area contributed by atoms with Gasteiger partial charge in [0.25, 0.3) is 5.91 Å². The number of carbonyl (C=O) groups excluding carboxylic acids is 3. The summed E-state index contributed by atoms with van der Waals surface area (Å²) >= 11 is 0. The van der Waals surface area contributed by atoms with Crippen molar-refractivity contribution in [2.24, 2.45) is 0 Å². The van der Waals surface area contributed by atoms with E-state index in [0.717, 1.165) is 10.5 Å². The molecule has 0 aliphatic carbocycles. The van der Waals surface area contributed by atoms with Crippen LogP contribution in [0.2, 0.25) is 0 Å². The molecule has 8 nitrogen and oxygen atoms in total. The molecule has 3 amide bonds. The topological polar surface area (TPSA) is 85.4 Å². The van der Waals surface area contributed by atoms with Crippen molar-refractivity contribution in [1.29, 1.82) is 0 Å². The predicted molar refractivity (Wildman–Crippen MR) is 107 cm³/mol. The first-order valence-corrected chi connectivity index (χ1v) is 9.70. The van der Waals surface area contributed by atoms with Gasteiger partial charge >= 0.3 is 0 Å². The number of nitrogens with zero attached hydrogens (tertiary/aromatic N) is 2. The average Bonchev–Trinajstić information content (AvgIpc) is 3.35. The van der Waals surface area contributed by atoms with E-state index in [1.807, 2.05) is 6.07 Å². The van der Waals surface area contributed by atoms with Crippen LogP contribution in [-0.2, 0) is 20.9 Å². The van der Waals surface area contributed by atoms with Crippen LogP contribution in [0.15, 0.2) is 42.5 Å². The molecule has 1 fully saturated rings. The first-order chi connectivity index (χ1) is 14.5. The summed E-state index contributed by atoms with van der Waals surface area (Å²) in [5, 5.41) is 0. The van der Waals surface area contributed by atoms with Crippen molar-refractivity contribution in [3.63, 3.8) is 0 Å². The van der Waals surface area contributed by atoms with E-state index in [1.54, 1.807) is 50.4 Å². The minimum atomic E-state index is -0.850. The Hall–Kier alpha value is -3.55. The van der Waals surface area contributed by atoms with Crippen molar-refractivity contribution >= 4 is 23.4 Å². The van der Waals surface area contributed by atoms with Crippen LogP contribution >= 0.6 is 0 Å². The summed E-state index contributed by atoms with van der Waals surface area (Å²) in [4.78, 5) is 41.1. The summed E-state index contributed by atoms with van der Waals surface area (Å²) in [6.45, 7) is 2.09. The molecule has 0 N–H and O–H groups in total. The molecule has 8 heteroatoms. The number of hydrogen-bond donors (Lipinski definition) is 0. The zero-order valence-corrected chi connectivity index (χ0v) is 16.8. The van der Waals surface area contributed by atoms with Crippen LogP contribution in [0.4, 0.5) is 5.69 Å². The Morgan fingerprint density at radius 2 is 1.87 bits per heavy atom. The Morgan fingerprint density at radius 1 is 1.13 bits per heavy atom. The van der Waals surface area contributed by atoms with Gasteiger partial charge in [-0.25, -0.2) is 4.90 Å². The van der Waals surface area contributed by atoms with E-state index in [-0.39, 0.29) is 38.0 Å². The van der Waals surface area contributed by atoms with Gasteiger partial charge in [-0.3, -0.25) is 14.4 Å². The van der Waals surface area contributed by atoms with Gasteiger partial charge in [0, 0.05) is 13.0 Å². The van der Waals surface area contributed by atoms with E-state index in [9.17, 15) is 14.4 Å². The van der Waals surface area contributed by atoms with E-state index in [2.05, 4.69) is 0 Å². The highest BCUT2D eigenvalue weighted by atomic mass is 16.7. The van der Waals surface area contributed by atoms with Gasteiger partial charge in [0.2, 0.25) is 18.6 Å². The molecule has 0 bridgehead atoms. The number of fused-ring (bicyclic) bond motifs is 1. The second kappa shape index (κ2) is 8.06. The fraction of sp³-hybridized carbons (Fsp3) is 0.318. The molecule has 2 aromatic carbocycles. The van der Waals surface area contributed by atoms with Crippen molar-refractivity contribution in [3.05, 3.63) is 48.0 Å². The Kier molecular flexibility index (Phi) is 5.31. The van der Waals surface area contributed by atoms with Crippen molar-refractivity contribution < 1.29 is 28.6 Å². The molecule has 0 spiro atoms. The van der Waals surface area contributed by atoms with Gasteiger partial charge in [0.15, 0.2) is 11.5 Å². The molecule has 0 unspecified atom stereocenters. The van der Waals surface area contributed by atoms with Crippen molar-refractivity contribution in [3.8, 4) is 17.2 Å². The van der Waals surface area contributed by atoms with Crippen LogP contribution < -0.4 is 19.1 Å². The van der Waals surface area contributed by atoms with Crippen LogP contribution in [0.5, 0.6) is 17.2 Å². The third kappa shape index (κ3) is 3.56. The predicted octanol–water partition coefficient (Wildman–Crippen LogP) is 2.49. The van der Waals surface area contributed by atoms with Gasteiger partial charge in [-0.15, -0.1) is 0 Å².